The van der Waals surface area contributed by atoms with Crippen LogP contribution in [0.15, 0.2) is 18.2 Å². The predicted octanol–water partition coefficient (Wildman–Crippen LogP) is 2.03. The average Bonchev–Trinajstić information content (AvgIpc) is 2.08. The molecule has 0 amide bonds. The smallest absolute Gasteiger partial charge is 0.122 e. The minimum absolute atomic E-state index is 0.404. The Bertz CT molecular complexity index is 323. The lowest BCUT2D eigenvalue weighted by atomic mass is 10.1. The van der Waals surface area contributed by atoms with Crippen LogP contribution in [0.5, 0.6) is 5.75 Å². The average molecular weight is 195 g/mol. The summed E-state index contributed by atoms with van der Waals surface area (Å²) in [5.74, 6) is 0.854. The molecule has 13 heavy (non-hydrogen) atoms. The van der Waals surface area contributed by atoms with Gasteiger partial charge in [-0.1, -0.05) is 24.4 Å². The summed E-state index contributed by atoms with van der Waals surface area (Å²) in [4.78, 5) is 0.404. The van der Waals surface area contributed by atoms with Crippen LogP contribution in [0.2, 0.25) is 0 Å². The lowest BCUT2D eigenvalue weighted by Gasteiger charge is -2.08. The lowest BCUT2D eigenvalue weighted by Crippen LogP contribution is -2.09. The lowest BCUT2D eigenvalue weighted by molar-refractivity contribution is 0.338. The highest BCUT2D eigenvalue weighted by molar-refractivity contribution is 7.80. The molecule has 70 valence electrons. The van der Waals surface area contributed by atoms with Crippen LogP contribution in [0.1, 0.15) is 18.1 Å². The van der Waals surface area contributed by atoms with Crippen molar-refractivity contribution in [1.29, 1.82) is 0 Å². The molecule has 3 heteroatoms. The highest BCUT2D eigenvalue weighted by Gasteiger charge is 2.02. The molecule has 0 aliphatic heterocycles. The second-order valence-corrected chi connectivity index (χ2v) is 3.22. The third-order valence-electron chi connectivity index (χ3n) is 1.77. The first-order valence-electron chi connectivity index (χ1n) is 4.18. The summed E-state index contributed by atoms with van der Waals surface area (Å²) in [6, 6.07) is 5.74. The van der Waals surface area contributed by atoms with E-state index in [1.54, 1.807) is 0 Å². The van der Waals surface area contributed by atoms with Crippen LogP contribution in [-0.4, -0.2) is 11.6 Å². The van der Waals surface area contributed by atoms with Crippen molar-refractivity contribution < 1.29 is 4.74 Å². The van der Waals surface area contributed by atoms with Crippen molar-refractivity contribution in [1.82, 2.24) is 0 Å². The molecule has 0 spiro atoms. The van der Waals surface area contributed by atoms with Crippen LogP contribution < -0.4 is 10.5 Å². The zero-order valence-electron chi connectivity index (χ0n) is 7.83. The van der Waals surface area contributed by atoms with E-state index in [2.05, 4.69) is 0 Å². The number of rotatable bonds is 3. The highest BCUT2D eigenvalue weighted by atomic mass is 32.1. The molecule has 0 aliphatic rings. The second kappa shape index (κ2) is 4.23. The van der Waals surface area contributed by atoms with Crippen LogP contribution >= 0.6 is 12.2 Å². The summed E-state index contributed by atoms with van der Waals surface area (Å²) in [6.45, 7) is 4.60. The summed E-state index contributed by atoms with van der Waals surface area (Å²) in [7, 11) is 0. The van der Waals surface area contributed by atoms with Crippen LogP contribution in [0.4, 0.5) is 0 Å². The molecular formula is C10H13NOS. The second-order valence-electron chi connectivity index (χ2n) is 2.78. The Hall–Kier alpha value is -1.09. The van der Waals surface area contributed by atoms with Gasteiger partial charge in [-0.2, -0.15) is 0 Å². The monoisotopic (exact) mass is 195 g/mol. The normalized spacial score (nSPS) is 9.69. The molecule has 1 rings (SSSR count). The fourth-order valence-electron chi connectivity index (χ4n) is 1.06. The minimum atomic E-state index is 0.404. The Morgan fingerprint density at radius 3 is 2.77 bits per heavy atom. The first-order chi connectivity index (χ1) is 6.15. The summed E-state index contributed by atoms with van der Waals surface area (Å²) < 4.78 is 5.41. The quantitative estimate of drug-likeness (QED) is 0.749. The number of hydrogen-bond acceptors (Lipinski definition) is 2. The minimum Gasteiger partial charge on any atom is -0.494 e. The SMILES string of the molecule is CCOc1cc(C(N)=S)ccc1C. The summed E-state index contributed by atoms with van der Waals surface area (Å²) in [5, 5.41) is 0. The van der Waals surface area contributed by atoms with E-state index in [1.165, 1.54) is 0 Å². The van der Waals surface area contributed by atoms with Crippen molar-refractivity contribution in [2.24, 2.45) is 5.73 Å². The molecule has 0 fully saturated rings. The van der Waals surface area contributed by atoms with Gasteiger partial charge in [0.25, 0.3) is 0 Å². The van der Waals surface area contributed by atoms with Gasteiger partial charge < -0.3 is 10.5 Å². The predicted molar refractivity (Wildman–Crippen MR) is 58.2 cm³/mol. The van der Waals surface area contributed by atoms with E-state index in [0.717, 1.165) is 16.9 Å². The van der Waals surface area contributed by atoms with E-state index in [9.17, 15) is 0 Å². The number of nitrogens with two attached hydrogens (primary N) is 1. The number of benzene rings is 1. The number of hydrogen-bond donors (Lipinski definition) is 1. The van der Waals surface area contributed by atoms with Crippen LogP contribution in [0.3, 0.4) is 0 Å². The molecule has 0 radical (unpaired) electrons. The maximum atomic E-state index is 5.50. The molecule has 2 N–H and O–H groups in total. The number of ether oxygens (including phenoxy) is 1. The topological polar surface area (TPSA) is 35.2 Å². The largest absolute Gasteiger partial charge is 0.494 e. The molecule has 0 heterocycles. The fourth-order valence-corrected chi connectivity index (χ4v) is 1.19. The van der Waals surface area contributed by atoms with Crippen molar-refractivity contribution in [2.75, 3.05) is 6.61 Å². The summed E-state index contributed by atoms with van der Waals surface area (Å²) in [5.41, 5.74) is 7.45. The third kappa shape index (κ3) is 2.42. The van der Waals surface area contributed by atoms with Crippen molar-refractivity contribution in [2.45, 2.75) is 13.8 Å². The molecule has 1 aromatic carbocycles. The first-order valence-corrected chi connectivity index (χ1v) is 4.59. The number of aryl methyl sites for hydroxylation is 1. The van der Waals surface area contributed by atoms with Crippen molar-refractivity contribution in [3.8, 4) is 5.75 Å². The first kappa shape index (κ1) is 9.99. The summed E-state index contributed by atoms with van der Waals surface area (Å²) >= 11 is 4.87. The molecule has 0 unspecified atom stereocenters. The van der Waals surface area contributed by atoms with Gasteiger partial charge in [0.15, 0.2) is 0 Å². The Morgan fingerprint density at radius 1 is 1.54 bits per heavy atom. The third-order valence-corrected chi connectivity index (χ3v) is 2.01. The van der Waals surface area contributed by atoms with Gasteiger partial charge in [0.05, 0.1) is 6.61 Å². The molecular weight excluding hydrogens is 182 g/mol. The van der Waals surface area contributed by atoms with Crippen LogP contribution in [-0.2, 0) is 0 Å². The van der Waals surface area contributed by atoms with Gasteiger partial charge in [-0.25, -0.2) is 0 Å². The Kier molecular flexibility index (Phi) is 3.25. The van der Waals surface area contributed by atoms with Gasteiger partial charge in [0.2, 0.25) is 0 Å². The van der Waals surface area contributed by atoms with Crippen LogP contribution in [0.25, 0.3) is 0 Å². The van der Waals surface area contributed by atoms with Crippen molar-refractivity contribution >= 4 is 17.2 Å². The maximum absolute atomic E-state index is 5.50. The maximum Gasteiger partial charge on any atom is 0.122 e. The van der Waals surface area contributed by atoms with E-state index in [0.29, 0.717) is 11.6 Å². The molecule has 0 bridgehead atoms. The van der Waals surface area contributed by atoms with E-state index < -0.39 is 0 Å². The van der Waals surface area contributed by atoms with Gasteiger partial charge in [0, 0.05) is 5.56 Å². The zero-order chi connectivity index (χ0) is 9.84. The van der Waals surface area contributed by atoms with E-state index in [-0.39, 0.29) is 0 Å². The molecule has 0 aromatic heterocycles. The molecule has 0 aliphatic carbocycles. The van der Waals surface area contributed by atoms with Gasteiger partial charge in [-0.05, 0) is 25.5 Å². The highest BCUT2D eigenvalue weighted by Crippen LogP contribution is 2.19. The van der Waals surface area contributed by atoms with Gasteiger partial charge >= 0.3 is 0 Å². The molecule has 0 saturated carbocycles. The molecule has 2 nitrogen and oxygen atoms in total. The standard InChI is InChI=1S/C10H13NOS/c1-3-12-9-6-8(10(11)13)5-4-7(9)2/h4-6H,3H2,1-2H3,(H2,11,13). The van der Waals surface area contributed by atoms with E-state index in [1.807, 2.05) is 32.0 Å². The molecule has 0 saturated heterocycles. The van der Waals surface area contributed by atoms with Gasteiger partial charge in [-0.15, -0.1) is 0 Å². The molecule has 0 atom stereocenters. The Balaban J connectivity index is 3.03. The van der Waals surface area contributed by atoms with Gasteiger partial charge in [0.1, 0.15) is 10.7 Å². The Morgan fingerprint density at radius 2 is 2.23 bits per heavy atom. The number of thiocarbonyl (C=S) groups is 1. The Labute approximate surface area is 83.7 Å². The zero-order valence-corrected chi connectivity index (χ0v) is 8.65. The van der Waals surface area contributed by atoms with Crippen molar-refractivity contribution in [3.63, 3.8) is 0 Å². The molecule has 1 aromatic rings. The van der Waals surface area contributed by atoms with E-state index in [4.69, 9.17) is 22.7 Å². The van der Waals surface area contributed by atoms with Gasteiger partial charge in [-0.3, -0.25) is 0 Å². The fraction of sp³-hybridized carbons (Fsp3) is 0.300. The van der Waals surface area contributed by atoms with Crippen LogP contribution in [0, 0.1) is 6.92 Å². The van der Waals surface area contributed by atoms with E-state index >= 15 is 0 Å². The van der Waals surface area contributed by atoms with Crippen molar-refractivity contribution in [3.05, 3.63) is 29.3 Å². The summed E-state index contributed by atoms with van der Waals surface area (Å²) in [6.07, 6.45) is 0.